The van der Waals surface area contributed by atoms with E-state index in [9.17, 15) is 22.8 Å². The van der Waals surface area contributed by atoms with Gasteiger partial charge in [0.25, 0.3) is 5.91 Å². The van der Waals surface area contributed by atoms with Crippen molar-refractivity contribution in [2.75, 3.05) is 51.0 Å². The molecule has 10 nitrogen and oxygen atoms in total. The van der Waals surface area contributed by atoms with Crippen LogP contribution >= 0.6 is 0 Å². The van der Waals surface area contributed by atoms with Gasteiger partial charge < -0.3 is 29.5 Å². The number of carbonyl (C=O) groups is 2. The smallest absolute Gasteiger partial charge is 0.390 e. The van der Waals surface area contributed by atoms with Gasteiger partial charge in [-0.2, -0.15) is 13.2 Å². The number of aryl methyl sites for hydroxylation is 2. The number of nitrogens with one attached hydrogen (secondary N) is 2. The molecule has 3 atom stereocenters. The van der Waals surface area contributed by atoms with Crippen molar-refractivity contribution in [3.8, 4) is 5.75 Å². The Labute approximate surface area is 225 Å². The van der Waals surface area contributed by atoms with Gasteiger partial charge in [-0.3, -0.25) is 9.69 Å². The van der Waals surface area contributed by atoms with Gasteiger partial charge in [0.05, 0.1) is 18.1 Å². The molecule has 0 unspecified atom stereocenters. The zero-order chi connectivity index (χ0) is 28.9. The summed E-state index contributed by atoms with van der Waals surface area (Å²) in [6.45, 7) is 7.43. The molecule has 2 aromatic rings. The van der Waals surface area contributed by atoms with Crippen molar-refractivity contribution in [3.63, 3.8) is 0 Å². The number of anilines is 2. The van der Waals surface area contributed by atoms with Crippen LogP contribution in [-0.4, -0.2) is 85.6 Å². The number of amides is 3. The Kier molecular flexibility index (Phi) is 9.83. The van der Waals surface area contributed by atoms with E-state index >= 15 is 0 Å². The molecule has 1 aromatic carbocycles. The highest BCUT2D eigenvalue weighted by molar-refractivity contribution is 6.02. The molecule has 13 heteroatoms. The summed E-state index contributed by atoms with van der Waals surface area (Å²) in [5.74, 6) is 0.188. The van der Waals surface area contributed by atoms with E-state index in [-0.39, 0.29) is 42.8 Å². The van der Waals surface area contributed by atoms with Crippen LogP contribution in [0, 0.1) is 19.8 Å². The number of nitrogens with zero attached hydrogens (tertiary/aromatic N) is 3. The van der Waals surface area contributed by atoms with Crippen molar-refractivity contribution in [3.05, 3.63) is 35.2 Å². The normalized spacial score (nSPS) is 21.4. The third kappa shape index (κ3) is 8.09. The number of ether oxygens (including phenoxy) is 2. The minimum Gasteiger partial charge on any atom is -0.491 e. The van der Waals surface area contributed by atoms with Crippen LogP contribution in [0.5, 0.6) is 5.75 Å². The number of benzene rings is 1. The molecular formula is C26H36F3N5O5. The number of urea groups is 1. The van der Waals surface area contributed by atoms with Crippen molar-refractivity contribution in [1.29, 1.82) is 0 Å². The van der Waals surface area contributed by atoms with Crippen molar-refractivity contribution >= 4 is 23.3 Å². The molecule has 2 heterocycles. The quantitative estimate of drug-likeness (QED) is 0.551. The summed E-state index contributed by atoms with van der Waals surface area (Å²) < 4.78 is 55.8. The topological polar surface area (TPSA) is 109 Å². The fraction of sp³-hybridized carbons (Fsp3) is 0.577. The lowest BCUT2D eigenvalue weighted by atomic mass is 10.0. The average molecular weight is 556 g/mol. The van der Waals surface area contributed by atoms with E-state index < -0.39 is 30.8 Å². The fourth-order valence-electron chi connectivity index (χ4n) is 4.44. The molecule has 39 heavy (non-hydrogen) atoms. The summed E-state index contributed by atoms with van der Waals surface area (Å²) in [7, 11) is 3.15. The lowest BCUT2D eigenvalue weighted by Crippen LogP contribution is -2.47. The van der Waals surface area contributed by atoms with Gasteiger partial charge in [0.15, 0.2) is 5.76 Å². The maximum Gasteiger partial charge on any atom is 0.390 e. The minimum absolute atomic E-state index is 0.0287. The molecule has 1 aliphatic rings. The minimum atomic E-state index is -4.29. The SMILES string of the molecule is CO[C@H]1CN(C)C(=O)c2ccc(NC(=O)Nc3c(C)noc3C)cc2OC[C@H](C)N(CCC(F)(F)F)C[C@@H]1C. The Morgan fingerprint density at radius 1 is 1.21 bits per heavy atom. The van der Waals surface area contributed by atoms with Gasteiger partial charge in [0.1, 0.15) is 23.7 Å². The number of methoxy groups -OCH3 is 1. The number of aromatic nitrogens is 1. The van der Waals surface area contributed by atoms with Crippen molar-refractivity contribution in [1.82, 2.24) is 15.0 Å². The van der Waals surface area contributed by atoms with Gasteiger partial charge in [-0.25, -0.2) is 4.79 Å². The molecule has 0 saturated heterocycles. The second kappa shape index (κ2) is 12.7. The van der Waals surface area contributed by atoms with Gasteiger partial charge in [0, 0.05) is 51.6 Å². The third-order valence-corrected chi connectivity index (χ3v) is 6.79. The average Bonchev–Trinajstić information content (AvgIpc) is 3.18. The molecule has 0 spiro atoms. The van der Waals surface area contributed by atoms with Crippen LogP contribution in [0.15, 0.2) is 22.7 Å². The van der Waals surface area contributed by atoms with E-state index in [0.717, 1.165) is 0 Å². The predicted molar refractivity (Wildman–Crippen MR) is 139 cm³/mol. The zero-order valence-electron chi connectivity index (χ0n) is 23.0. The Morgan fingerprint density at radius 3 is 2.54 bits per heavy atom. The number of hydrogen-bond acceptors (Lipinski definition) is 7. The van der Waals surface area contributed by atoms with Gasteiger partial charge in [-0.05, 0) is 38.8 Å². The molecule has 1 aromatic heterocycles. The van der Waals surface area contributed by atoms with Gasteiger partial charge in [-0.15, -0.1) is 0 Å². The maximum absolute atomic E-state index is 13.3. The fourth-order valence-corrected chi connectivity index (χ4v) is 4.44. The molecule has 3 rings (SSSR count). The number of rotatable bonds is 5. The highest BCUT2D eigenvalue weighted by atomic mass is 19.4. The first-order valence-electron chi connectivity index (χ1n) is 12.7. The van der Waals surface area contributed by atoms with Crippen LogP contribution < -0.4 is 15.4 Å². The standard InChI is InChI=1S/C26H36F3N5O5/c1-15-12-34(10-9-26(27,28)29)16(2)14-38-21-11-19(30-25(36)31-23-17(3)32-39-18(23)4)7-8-20(21)24(35)33(5)13-22(15)37-6/h7-8,11,15-16,22H,9-10,12-14H2,1-6H3,(H2,30,31,36)/t15-,16-,22-/m0/s1. The molecule has 0 saturated carbocycles. The van der Waals surface area contributed by atoms with Crippen LogP contribution in [0.25, 0.3) is 0 Å². The molecule has 0 bridgehead atoms. The summed E-state index contributed by atoms with van der Waals surface area (Å²) in [5.41, 5.74) is 1.57. The molecule has 3 amide bonds. The van der Waals surface area contributed by atoms with Crippen LogP contribution in [0.4, 0.5) is 29.3 Å². The molecule has 216 valence electrons. The van der Waals surface area contributed by atoms with E-state index in [4.69, 9.17) is 14.0 Å². The van der Waals surface area contributed by atoms with E-state index in [1.807, 2.05) is 6.92 Å². The molecule has 0 aliphatic carbocycles. The number of likely N-dealkylation sites (N-methyl/N-ethyl adjacent to an activating group) is 1. The van der Waals surface area contributed by atoms with Crippen LogP contribution in [0.1, 0.15) is 42.1 Å². The molecular weight excluding hydrogens is 519 g/mol. The molecule has 0 fully saturated rings. The maximum atomic E-state index is 13.3. The van der Waals surface area contributed by atoms with Crippen molar-refractivity contribution in [2.24, 2.45) is 5.92 Å². The Bertz CT molecular complexity index is 1140. The largest absolute Gasteiger partial charge is 0.491 e. The third-order valence-electron chi connectivity index (χ3n) is 6.79. The number of alkyl halides is 3. The summed E-state index contributed by atoms with van der Waals surface area (Å²) in [4.78, 5) is 29.2. The summed E-state index contributed by atoms with van der Waals surface area (Å²) in [6, 6.07) is 3.69. The first-order chi connectivity index (χ1) is 18.3. The monoisotopic (exact) mass is 555 g/mol. The number of carbonyl (C=O) groups excluding carboxylic acids is 2. The van der Waals surface area contributed by atoms with E-state index in [0.29, 0.717) is 29.4 Å². The first-order valence-corrected chi connectivity index (χ1v) is 12.7. The van der Waals surface area contributed by atoms with Gasteiger partial charge >= 0.3 is 12.2 Å². The lowest BCUT2D eigenvalue weighted by Gasteiger charge is -2.36. The molecule has 1 aliphatic heterocycles. The highest BCUT2D eigenvalue weighted by Gasteiger charge is 2.32. The summed E-state index contributed by atoms with van der Waals surface area (Å²) in [5, 5.41) is 9.18. The van der Waals surface area contributed by atoms with Gasteiger partial charge in [-0.1, -0.05) is 12.1 Å². The molecule has 0 radical (unpaired) electrons. The summed E-state index contributed by atoms with van der Waals surface area (Å²) in [6.07, 6.45) is -5.64. The lowest BCUT2D eigenvalue weighted by molar-refractivity contribution is -0.140. The number of hydrogen-bond donors (Lipinski definition) is 2. The van der Waals surface area contributed by atoms with Crippen LogP contribution in [0.2, 0.25) is 0 Å². The van der Waals surface area contributed by atoms with E-state index in [1.54, 1.807) is 44.9 Å². The second-order valence-electron chi connectivity index (χ2n) is 9.95. The van der Waals surface area contributed by atoms with Crippen LogP contribution in [-0.2, 0) is 4.74 Å². The second-order valence-corrected chi connectivity index (χ2v) is 9.95. The number of halogens is 3. The highest BCUT2D eigenvalue weighted by Crippen LogP contribution is 2.28. The Balaban J connectivity index is 1.87. The Morgan fingerprint density at radius 2 is 1.92 bits per heavy atom. The van der Waals surface area contributed by atoms with E-state index in [1.165, 1.54) is 18.1 Å². The van der Waals surface area contributed by atoms with Crippen LogP contribution in [0.3, 0.4) is 0 Å². The first kappa shape index (κ1) is 30.2. The number of fused-ring (bicyclic) bond motifs is 1. The van der Waals surface area contributed by atoms with Crippen molar-refractivity contribution < 1.29 is 36.8 Å². The van der Waals surface area contributed by atoms with Gasteiger partial charge in [0.2, 0.25) is 0 Å². The predicted octanol–water partition coefficient (Wildman–Crippen LogP) is 4.69. The molecule has 2 N–H and O–H groups in total. The zero-order valence-corrected chi connectivity index (χ0v) is 23.0. The summed E-state index contributed by atoms with van der Waals surface area (Å²) >= 11 is 0. The van der Waals surface area contributed by atoms with E-state index in [2.05, 4.69) is 15.8 Å². The Hall–Kier alpha value is -3.32. The van der Waals surface area contributed by atoms with Crippen molar-refractivity contribution in [2.45, 2.75) is 52.4 Å².